The molecule has 0 aliphatic carbocycles. The monoisotopic (exact) mass is 2050 g/mol. The predicted octanol–water partition coefficient (Wildman–Crippen LogP) is 18.8. The van der Waals surface area contributed by atoms with Crippen LogP contribution in [-0.2, 0) is 38.9 Å². The molecule has 4 fully saturated rings. The fourth-order valence-corrected chi connectivity index (χ4v) is 21.4. The molecule has 0 saturated carbocycles. The zero-order valence-corrected chi connectivity index (χ0v) is 86.0. The first-order chi connectivity index (χ1) is 70.3. The normalized spacial score (nSPS) is 18.5. The van der Waals surface area contributed by atoms with Crippen molar-refractivity contribution in [1.29, 1.82) is 0 Å². The lowest BCUT2D eigenvalue weighted by Crippen LogP contribution is -2.52. The molecule has 0 bridgehead atoms. The van der Waals surface area contributed by atoms with Crippen molar-refractivity contribution in [3.8, 4) is 0 Å². The summed E-state index contributed by atoms with van der Waals surface area (Å²) < 4.78 is 20.1. The molecule has 0 spiro atoms. The average Bonchev–Trinajstić information content (AvgIpc) is 0.802. The standard InChI is InChI=1S/C31H34FNO5.C30H32N2O4.2C29H28Cl2N2O3/c1-20-25(10-5-11-28(20)32)29-26(30(36)23-8-3-6-21(14-23)18-34)16-33(12-13-38-2)17-27(29)31(37)24-9-4-7-22(15-24)19-35;1-31(2)27(34)19-32-17-25(29(35)22-11-5-3-6-12-22)28(24-15-9-10-21(16-24)20-33)26(18-32)30(36)23-13-7-4-8-14-23;1-32(2)26(34)18-33-16-23(28(35)19-9-5-3-6-10-19)27(22-15-21(30)13-14-25(22)31)24(17-33)29(36)20-11-7-4-8-12-20;1-32(2)26(34)18-33-16-23(28(35)19-9-5-3-6-10-19)27(22-14-13-21(30)15-25(22)31)24(17-33)29(36)20-11-7-4-8-12-20/h3-11,14-15,26-27,29,34-35H,12-13,16-19H2,1-2H3;3-16,25-26,28,33H,17-20H2,1-2H3;2*3-15,23-24,27H,16-18H2,1-2H3/t26-,27-;25-,26-;2*23-,24-/m0000/s1. The van der Waals surface area contributed by atoms with Gasteiger partial charge in [0.05, 0.1) is 46.1 Å². The quantitative estimate of drug-likeness (QED) is 0.0330. The Labute approximate surface area is 872 Å². The molecule has 3 amide bonds. The lowest BCUT2D eigenvalue weighted by molar-refractivity contribution is -0.131. The molecular weight excluding hydrogens is 1930 g/mol. The van der Waals surface area contributed by atoms with Crippen LogP contribution in [0.1, 0.15) is 151 Å². The van der Waals surface area contributed by atoms with Crippen molar-refractivity contribution in [3.05, 3.63) is 424 Å². The van der Waals surface area contributed by atoms with Crippen molar-refractivity contribution < 1.29 is 77.2 Å². The van der Waals surface area contributed by atoms with Gasteiger partial charge in [-0.2, -0.15) is 0 Å². The van der Waals surface area contributed by atoms with Gasteiger partial charge in [0.2, 0.25) is 17.7 Å². The van der Waals surface area contributed by atoms with E-state index in [4.69, 9.17) is 51.1 Å². The van der Waals surface area contributed by atoms with Crippen molar-refractivity contribution in [3.63, 3.8) is 0 Å². The van der Waals surface area contributed by atoms with Crippen LogP contribution in [0.15, 0.2) is 309 Å². The molecule has 4 saturated heterocycles. The highest BCUT2D eigenvalue weighted by molar-refractivity contribution is 6.35. The second-order valence-electron chi connectivity index (χ2n) is 38.2. The van der Waals surface area contributed by atoms with E-state index in [9.17, 15) is 72.4 Å². The minimum Gasteiger partial charge on any atom is -0.392 e. The highest BCUT2D eigenvalue weighted by atomic mass is 35.5. The largest absolute Gasteiger partial charge is 0.392 e. The van der Waals surface area contributed by atoms with Gasteiger partial charge >= 0.3 is 0 Å². The maximum atomic E-state index is 14.8. The Morgan fingerprint density at radius 2 is 0.582 bits per heavy atom. The van der Waals surface area contributed by atoms with Crippen LogP contribution in [0.2, 0.25) is 20.1 Å². The van der Waals surface area contributed by atoms with Crippen LogP contribution in [0.3, 0.4) is 0 Å². The Balaban J connectivity index is 0.000000163. The first-order valence-corrected chi connectivity index (χ1v) is 50.2. The number of likely N-dealkylation sites (tertiary alicyclic amines) is 4. The molecule has 12 aromatic rings. The Hall–Kier alpha value is -12.8. The molecule has 4 heterocycles. The number of likely N-dealkylation sites (N-methyl/N-ethyl adjacent to an activating group) is 3. The first-order valence-electron chi connectivity index (χ1n) is 48.7. The summed E-state index contributed by atoms with van der Waals surface area (Å²) in [5.74, 6) is -8.12. The van der Waals surface area contributed by atoms with E-state index in [2.05, 4.69) is 4.90 Å². The van der Waals surface area contributed by atoms with E-state index >= 15 is 0 Å². The van der Waals surface area contributed by atoms with Gasteiger partial charge in [-0.15, -0.1) is 0 Å². The number of aliphatic hydroxyl groups excluding tert-OH is 3. The van der Waals surface area contributed by atoms with E-state index in [1.165, 1.54) is 20.8 Å². The number of aliphatic hydroxyl groups is 3. The van der Waals surface area contributed by atoms with Gasteiger partial charge in [0.25, 0.3) is 0 Å². The number of Topliss-reactive ketones (excluding diaryl/α,β-unsaturated/α-hetero) is 8. The lowest BCUT2D eigenvalue weighted by Gasteiger charge is -2.43. The Bertz CT molecular complexity index is 6320. The number of hydrogen-bond acceptors (Lipinski definition) is 19. The summed E-state index contributed by atoms with van der Waals surface area (Å²) in [4.78, 5) is 162. The topological polar surface area (TPSA) is 280 Å². The van der Waals surface area contributed by atoms with Crippen LogP contribution in [0, 0.1) is 60.1 Å². The van der Waals surface area contributed by atoms with Crippen LogP contribution in [0.5, 0.6) is 0 Å². The van der Waals surface area contributed by atoms with Crippen LogP contribution in [0.4, 0.5) is 4.39 Å². The molecule has 8 atom stereocenters. The predicted molar refractivity (Wildman–Crippen MR) is 567 cm³/mol. The van der Waals surface area contributed by atoms with Crippen molar-refractivity contribution in [1.82, 2.24) is 34.3 Å². The van der Waals surface area contributed by atoms with Crippen LogP contribution >= 0.6 is 46.4 Å². The molecule has 27 heteroatoms. The maximum Gasteiger partial charge on any atom is 0.236 e. The second-order valence-corrected chi connectivity index (χ2v) is 39.9. The maximum absolute atomic E-state index is 14.8. The molecule has 22 nitrogen and oxygen atoms in total. The molecule has 146 heavy (non-hydrogen) atoms. The van der Waals surface area contributed by atoms with Crippen LogP contribution in [0.25, 0.3) is 0 Å². The van der Waals surface area contributed by atoms with Crippen molar-refractivity contribution in [2.45, 2.75) is 50.4 Å². The van der Waals surface area contributed by atoms with Crippen molar-refractivity contribution >= 4 is 110 Å². The highest BCUT2D eigenvalue weighted by Crippen LogP contribution is 2.49. The van der Waals surface area contributed by atoms with Crippen molar-refractivity contribution in [2.24, 2.45) is 47.3 Å². The third kappa shape index (κ3) is 27.7. The number of methoxy groups -OCH3 is 1. The molecule has 4 aliphatic rings. The number of ketones is 8. The number of hydrogen-bond donors (Lipinski definition) is 3. The van der Waals surface area contributed by atoms with Gasteiger partial charge < -0.3 is 34.8 Å². The number of piperidine rings is 4. The van der Waals surface area contributed by atoms with Gasteiger partial charge in [0.1, 0.15) is 5.82 Å². The number of carbonyl (C=O) groups is 11. The Morgan fingerprint density at radius 1 is 0.301 bits per heavy atom. The van der Waals surface area contributed by atoms with Gasteiger partial charge in [-0.05, 0) is 100.0 Å². The zero-order valence-electron chi connectivity index (χ0n) is 82.9. The Kier molecular flexibility index (Phi) is 39.7. The van der Waals surface area contributed by atoms with Gasteiger partial charge in [0.15, 0.2) is 46.3 Å². The van der Waals surface area contributed by atoms with E-state index in [0.717, 1.165) is 11.1 Å². The number of amides is 3. The summed E-state index contributed by atoms with van der Waals surface area (Å²) >= 11 is 25.9. The van der Waals surface area contributed by atoms with Gasteiger partial charge in [-0.3, -0.25) is 72.3 Å². The van der Waals surface area contributed by atoms with Crippen molar-refractivity contribution in [2.75, 3.05) is 135 Å². The molecule has 0 aromatic heterocycles. The van der Waals surface area contributed by atoms with Gasteiger partial charge in [-0.1, -0.05) is 307 Å². The molecule has 0 radical (unpaired) electrons. The summed E-state index contributed by atoms with van der Waals surface area (Å²) in [7, 11) is 11.8. The van der Waals surface area contributed by atoms with Crippen LogP contribution < -0.4 is 0 Å². The fourth-order valence-electron chi connectivity index (χ4n) is 20.5. The van der Waals surface area contributed by atoms with E-state index in [0.29, 0.717) is 163 Å². The minimum absolute atomic E-state index is 0.0529. The lowest BCUT2D eigenvalue weighted by atomic mass is 9.67. The molecule has 758 valence electrons. The van der Waals surface area contributed by atoms with Crippen LogP contribution in [-0.4, -0.2) is 248 Å². The first kappa shape index (κ1) is 110. The number of ether oxygens (including phenoxy) is 1. The smallest absolute Gasteiger partial charge is 0.236 e. The fraction of sp³-hybridized carbons (Fsp3) is 0.303. The van der Waals surface area contributed by atoms with Gasteiger partial charge in [0, 0.05) is 244 Å². The summed E-state index contributed by atoms with van der Waals surface area (Å²) in [6.07, 6.45) is 0. The number of halogens is 5. The van der Waals surface area contributed by atoms with E-state index in [1.807, 2.05) is 160 Å². The molecule has 4 aliphatic heterocycles. The summed E-state index contributed by atoms with van der Waals surface area (Å²) in [5, 5.41) is 30.9. The third-order valence-corrected chi connectivity index (χ3v) is 29.1. The summed E-state index contributed by atoms with van der Waals surface area (Å²) in [5.41, 5.74) is 9.55. The molecule has 12 aromatic carbocycles. The number of rotatable bonds is 32. The highest BCUT2D eigenvalue weighted by Gasteiger charge is 2.51. The van der Waals surface area contributed by atoms with E-state index < -0.39 is 71.0 Å². The zero-order chi connectivity index (χ0) is 105. The van der Waals surface area contributed by atoms with E-state index in [1.54, 1.807) is 214 Å². The number of carbonyl (C=O) groups excluding carboxylic acids is 11. The molecule has 16 rings (SSSR count). The van der Waals surface area contributed by atoms with Gasteiger partial charge in [-0.25, -0.2) is 4.39 Å². The SMILES string of the molecule is CN(C)C(=O)CN1C[C@H](C(=O)c2ccccc2)C(c2cc(Cl)ccc2Cl)[C@@H](C(=O)c2ccccc2)C1.CN(C)C(=O)CN1C[C@H](C(=O)c2ccccc2)C(c2ccc(Cl)cc2Cl)[C@@H](C(=O)c2ccccc2)C1.CN(C)C(=O)CN1C[C@H](C(=O)c2ccccc2)C(c2cccc(CO)c2)[C@@H](C(=O)c2ccccc2)C1.COCCN1C[C@H](C(=O)c2cccc(CO)c2)C(c2cccc(F)c2C)[C@@H](C(=O)c2cccc(CO)c2)C1. The Morgan fingerprint density at radius 3 is 0.911 bits per heavy atom. The van der Waals surface area contributed by atoms with E-state index in [-0.39, 0.29) is 109 Å². The molecule has 0 unspecified atom stereocenters. The molecule has 3 N–H and O–H groups in total. The third-order valence-electron chi connectivity index (χ3n) is 27.9. The average molecular weight is 2050 g/mol. The number of nitrogens with zero attached hydrogens (tertiary/aromatic N) is 7. The minimum atomic E-state index is -0.634. The number of benzene rings is 12. The molecular formula is C119H122Cl4FN7O15. The summed E-state index contributed by atoms with van der Waals surface area (Å²) in [6.45, 7) is 5.28. The summed E-state index contributed by atoms with van der Waals surface area (Å²) in [6, 6.07) is 90.8. The second kappa shape index (κ2) is 52.5.